The first-order valence-corrected chi connectivity index (χ1v) is 8.79. The zero-order chi connectivity index (χ0) is 15.2. The lowest BCUT2D eigenvalue weighted by molar-refractivity contribution is -0.914. The molecule has 1 amide bonds. The van der Waals surface area contributed by atoms with Gasteiger partial charge in [-0.3, -0.25) is 4.79 Å². The van der Waals surface area contributed by atoms with E-state index in [0.717, 1.165) is 23.2 Å². The monoisotopic (exact) mass is 353 g/mol. The van der Waals surface area contributed by atoms with E-state index in [4.69, 9.17) is 0 Å². The number of amides is 1. The van der Waals surface area contributed by atoms with Crippen LogP contribution in [0, 0.1) is 6.92 Å². The van der Waals surface area contributed by atoms with Crippen molar-refractivity contribution in [1.82, 2.24) is 0 Å². The van der Waals surface area contributed by atoms with Gasteiger partial charge in [-0.2, -0.15) is 0 Å². The Morgan fingerprint density at radius 3 is 2.43 bits per heavy atom. The molecule has 1 fully saturated rings. The summed E-state index contributed by atoms with van der Waals surface area (Å²) in [4.78, 5) is 13.9. The van der Waals surface area contributed by atoms with Crippen molar-refractivity contribution in [3.63, 3.8) is 0 Å². The number of benzene rings is 1. The van der Waals surface area contributed by atoms with Crippen molar-refractivity contribution in [2.45, 2.75) is 52.0 Å². The Morgan fingerprint density at radius 1 is 1.19 bits per heavy atom. The molecule has 3 nitrogen and oxygen atoms in total. The van der Waals surface area contributed by atoms with Crippen molar-refractivity contribution in [3.05, 3.63) is 28.2 Å². The Bertz CT molecular complexity index is 482. The van der Waals surface area contributed by atoms with Gasteiger partial charge in [0.05, 0.1) is 18.8 Å². The predicted molar refractivity (Wildman–Crippen MR) is 90.8 cm³/mol. The first-order chi connectivity index (χ1) is 10.1. The number of carbonyl (C=O) groups excluding carboxylic acids is 1. The third-order valence-corrected chi connectivity index (χ3v) is 5.04. The number of nitrogens with one attached hydrogen (secondary N) is 2. The summed E-state index contributed by atoms with van der Waals surface area (Å²) < 4.78 is 0.950. The Hall–Kier alpha value is -0.870. The fourth-order valence-corrected chi connectivity index (χ4v) is 3.53. The van der Waals surface area contributed by atoms with Crippen molar-refractivity contribution >= 4 is 27.5 Å². The second-order valence-corrected chi connectivity index (χ2v) is 6.97. The summed E-state index contributed by atoms with van der Waals surface area (Å²) in [5.74, 6) is 0.120. The highest BCUT2D eigenvalue weighted by atomic mass is 79.9. The zero-order valence-electron chi connectivity index (χ0n) is 13.0. The molecular formula is C17H26BrN2O+. The van der Waals surface area contributed by atoms with E-state index in [0.29, 0.717) is 0 Å². The number of quaternary nitrogens is 1. The SMILES string of the molecule is Cc1ccc(NC(=O)[C@@H](C)[NH+]2CCCCCCC2)c(Br)c1. The number of hydrogen-bond donors (Lipinski definition) is 2. The number of halogens is 1. The molecule has 116 valence electrons. The molecule has 4 heteroatoms. The summed E-state index contributed by atoms with van der Waals surface area (Å²) in [5.41, 5.74) is 2.05. The Balaban J connectivity index is 1.97. The second kappa shape index (κ2) is 7.95. The van der Waals surface area contributed by atoms with Crippen LogP contribution in [0.2, 0.25) is 0 Å². The molecule has 0 saturated carbocycles. The van der Waals surface area contributed by atoms with Crippen LogP contribution >= 0.6 is 15.9 Å². The minimum Gasteiger partial charge on any atom is -0.325 e. The Morgan fingerprint density at radius 2 is 1.81 bits per heavy atom. The molecular weight excluding hydrogens is 328 g/mol. The fourth-order valence-electron chi connectivity index (χ4n) is 2.94. The van der Waals surface area contributed by atoms with Crippen LogP contribution in [-0.4, -0.2) is 25.0 Å². The van der Waals surface area contributed by atoms with Gasteiger partial charge in [-0.25, -0.2) is 0 Å². The number of likely N-dealkylation sites (tertiary alicyclic amines) is 1. The molecule has 2 rings (SSSR count). The van der Waals surface area contributed by atoms with Crippen LogP contribution in [0.3, 0.4) is 0 Å². The third-order valence-electron chi connectivity index (χ3n) is 4.38. The Labute approximate surface area is 136 Å². The summed E-state index contributed by atoms with van der Waals surface area (Å²) in [5, 5.41) is 3.06. The molecule has 0 spiro atoms. The maximum Gasteiger partial charge on any atom is 0.282 e. The van der Waals surface area contributed by atoms with Crippen LogP contribution in [0.5, 0.6) is 0 Å². The molecule has 1 aliphatic heterocycles. The van der Waals surface area contributed by atoms with E-state index in [1.807, 2.05) is 32.0 Å². The second-order valence-electron chi connectivity index (χ2n) is 6.12. The largest absolute Gasteiger partial charge is 0.325 e. The summed E-state index contributed by atoms with van der Waals surface area (Å²) >= 11 is 3.52. The van der Waals surface area contributed by atoms with Crippen LogP contribution in [0.1, 0.15) is 44.6 Å². The van der Waals surface area contributed by atoms with E-state index in [9.17, 15) is 4.79 Å². The zero-order valence-corrected chi connectivity index (χ0v) is 14.6. The van der Waals surface area contributed by atoms with E-state index in [1.165, 1.54) is 42.6 Å². The van der Waals surface area contributed by atoms with Crippen LogP contribution in [0.15, 0.2) is 22.7 Å². The summed E-state index contributed by atoms with van der Waals surface area (Å²) in [6.45, 7) is 6.32. The van der Waals surface area contributed by atoms with Gasteiger partial charge in [-0.15, -0.1) is 0 Å². The van der Waals surface area contributed by atoms with Crippen molar-refractivity contribution in [3.8, 4) is 0 Å². The minimum absolute atomic E-state index is 0.0105. The van der Waals surface area contributed by atoms with Gasteiger partial charge in [0, 0.05) is 4.47 Å². The maximum absolute atomic E-state index is 12.5. The van der Waals surface area contributed by atoms with Crippen molar-refractivity contribution in [1.29, 1.82) is 0 Å². The molecule has 1 aromatic carbocycles. The number of carbonyl (C=O) groups is 1. The highest BCUT2D eigenvalue weighted by molar-refractivity contribution is 9.10. The first-order valence-electron chi connectivity index (χ1n) is 7.99. The van der Waals surface area contributed by atoms with Gasteiger partial charge in [0.1, 0.15) is 0 Å². The van der Waals surface area contributed by atoms with Crippen LogP contribution in [-0.2, 0) is 4.79 Å². The van der Waals surface area contributed by atoms with Gasteiger partial charge in [-0.05, 0) is 73.2 Å². The van der Waals surface area contributed by atoms with Gasteiger partial charge in [0.2, 0.25) is 0 Å². The van der Waals surface area contributed by atoms with Gasteiger partial charge in [0.25, 0.3) is 5.91 Å². The molecule has 0 radical (unpaired) electrons. The number of aryl methyl sites for hydroxylation is 1. The topological polar surface area (TPSA) is 33.5 Å². The van der Waals surface area contributed by atoms with E-state index in [-0.39, 0.29) is 11.9 Å². The highest BCUT2D eigenvalue weighted by Gasteiger charge is 2.25. The van der Waals surface area contributed by atoms with Gasteiger partial charge >= 0.3 is 0 Å². The lowest BCUT2D eigenvalue weighted by Gasteiger charge is -2.27. The number of hydrogen-bond acceptors (Lipinski definition) is 1. The lowest BCUT2D eigenvalue weighted by atomic mass is 10.1. The normalized spacial score (nSPS) is 18.6. The van der Waals surface area contributed by atoms with Crippen LogP contribution in [0.25, 0.3) is 0 Å². The summed E-state index contributed by atoms with van der Waals surface area (Å²) in [6, 6.07) is 6.03. The molecule has 0 aliphatic carbocycles. The van der Waals surface area contributed by atoms with Crippen molar-refractivity contribution in [2.24, 2.45) is 0 Å². The standard InChI is InChI=1S/C17H25BrN2O/c1-13-8-9-16(15(18)12-13)19-17(21)14(2)20-10-6-4-3-5-7-11-20/h8-9,12,14H,3-7,10-11H2,1-2H3,(H,19,21)/p+1/t14-/m1/s1. The third kappa shape index (κ3) is 4.82. The summed E-state index contributed by atoms with van der Waals surface area (Å²) in [6.07, 6.45) is 6.44. The fraction of sp³-hybridized carbons (Fsp3) is 0.588. The molecule has 0 unspecified atom stereocenters. The van der Waals surface area contributed by atoms with Gasteiger partial charge in [-0.1, -0.05) is 12.5 Å². The minimum atomic E-state index is 0.0105. The molecule has 2 N–H and O–H groups in total. The number of rotatable bonds is 3. The average Bonchev–Trinajstić information content (AvgIpc) is 2.41. The maximum atomic E-state index is 12.5. The molecule has 1 aliphatic rings. The van der Waals surface area contributed by atoms with E-state index < -0.39 is 0 Å². The molecule has 21 heavy (non-hydrogen) atoms. The first kappa shape index (κ1) is 16.5. The summed E-state index contributed by atoms with van der Waals surface area (Å²) in [7, 11) is 0. The van der Waals surface area contributed by atoms with Gasteiger partial charge in [0.15, 0.2) is 6.04 Å². The van der Waals surface area contributed by atoms with Gasteiger partial charge < -0.3 is 10.2 Å². The Kier molecular flexibility index (Phi) is 6.24. The molecule has 1 atom stereocenters. The van der Waals surface area contributed by atoms with E-state index in [1.54, 1.807) is 0 Å². The molecule has 0 aromatic heterocycles. The molecule has 1 saturated heterocycles. The predicted octanol–water partition coefficient (Wildman–Crippen LogP) is 2.93. The molecule has 1 aromatic rings. The van der Waals surface area contributed by atoms with Crippen LogP contribution in [0.4, 0.5) is 5.69 Å². The molecule has 0 bridgehead atoms. The van der Waals surface area contributed by atoms with Crippen LogP contribution < -0.4 is 10.2 Å². The van der Waals surface area contributed by atoms with E-state index >= 15 is 0 Å². The smallest absolute Gasteiger partial charge is 0.282 e. The van der Waals surface area contributed by atoms with Crippen molar-refractivity contribution in [2.75, 3.05) is 18.4 Å². The number of anilines is 1. The van der Waals surface area contributed by atoms with Crippen molar-refractivity contribution < 1.29 is 9.69 Å². The quantitative estimate of drug-likeness (QED) is 0.860. The highest BCUT2D eigenvalue weighted by Crippen LogP contribution is 2.23. The lowest BCUT2D eigenvalue weighted by Crippen LogP contribution is -3.16. The van der Waals surface area contributed by atoms with E-state index in [2.05, 4.69) is 21.2 Å². The average molecular weight is 354 g/mol. The molecule has 1 heterocycles.